The molecule has 1 aromatic carbocycles. The first-order chi connectivity index (χ1) is 10.7. The molecule has 0 fully saturated rings. The van der Waals surface area contributed by atoms with Crippen molar-refractivity contribution in [3.63, 3.8) is 0 Å². The standard InChI is InChI=1S/C17H27N3O2.ClH/c1-19-17(22)15-8-6-7-14(13-15)10-12-20-16(21)9-4-2-3-5-11-18;/h6-8,13H,2-5,9-12,18H2,1H3,(H,19,22)(H,20,21);1H. The van der Waals surface area contributed by atoms with Gasteiger partial charge in [-0.15, -0.1) is 12.4 Å². The van der Waals surface area contributed by atoms with Gasteiger partial charge in [0.1, 0.15) is 0 Å². The predicted molar refractivity (Wildman–Crippen MR) is 95.9 cm³/mol. The maximum atomic E-state index is 11.7. The van der Waals surface area contributed by atoms with Gasteiger partial charge in [-0.3, -0.25) is 9.59 Å². The molecule has 0 aromatic heterocycles. The molecule has 0 spiro atoms. The number of amides is 2. The number of benzene rings is 1. The quantitative estimate of drug-likeness (QED) is 0.569. The second kappa shape index (κ2) is 12.9. The van der Waals surface area contributed by atoms with Gasteiger partial charge in [-0.1, -0.05) is 25.0 Å². The molecule has 1 aromatic rings. The Labute approximate surface area is 144 Å². The van der Waals surface area contributed by atoms with Crippen LogP contribution in [0.2, 0.25) is 0 Å². The molecule has 23 heavy (non-hydrogen) atoms. The fourth-order valence-corrected chi connectivity index (χ4v) is 2.23. The molecule has 0 bridgehead atoms. The number of nitrogens with one attached hydrogen (secondary N) is 2. The van der Waals surface area contributed by atoms with Gasteiger partial charge < -0.3 is 16.4 Å². The summed E-state index contributed by atoms with van der Waals surface area (Å²) >= 11 is 0. The van der Waals surface area contributed by atoms with Crippen molar-refractivity contribution in [2.45, 2.75) is 38.5 Å². The number of hydrogen-bond donors (Lipinski definition) is 3. The highest BCUT2D eigenvalue weighted by atomic mass is 35.5. The summed E-state index contributed by atoms with van der Waals surface area (Å²) < 4.78 is 0. The third-order valence-corrected chi connectivity index (χ3v) is 3.51. The lowest BCUT2D eigenvalue weighted by atomic mass is 10.1. The molecular formula is C17H28ClN3O2. The third-order valence-electron chi connectivity index (χ3n) is 3.51. The number of nitrogens with two attached hydrogens (primary N) is 1. The largest absolute Gasteiger partial charge is 0.356 e. The van der Waals surface area contributed by atoms with Crippen LogP contribution in [0.3, 0.4) is 0 Å². The number of rotatable bonds is 10. The van der Waals surface area contributed by atoms with Crippen LogP contribution in [0.25, 0.3) is 0 Å². The molecule has 6 heteroatoms. The van der Waals surface area contributed by atoms with E-state index in [1.165, 1.54) is 0 Å². The molecule has 0 saturated heterocycles. The second-order valence-corrected chi connectivity index (χ2v) is 5.33. The zero-order valence-electron chi connectivity index (χ0n) is 13.8. The van der Waals surface area contributed by atoms with E-state index in [0.717, 1.165) is 44.2 Å². The number of halogens is 1. The van der Waals surface area contributed by atoms with Crippen molar-refractivity contribution in [3.8, 4) is 0 Å². The summed E-state index contributed by atoms with van der Waals surface area (Å²) in [6.07, 6.45) is 5.39. The van der Waals surface area contributed by atoms with E-state index < -0.39 is 0 Å². The maximum Gasteiger partial charge on any atom is 0.251 e. The Morgan fingerprint density at radius 1 is 1.13 bits per heavy atom. The first-order valence-corrected chi connectivity index (χ1v) is 7.95. The Morgan fingerprint density at radius 3 is 2.57 bits per heavy atom. The summed E-state index contributed by atoms with van der Waals surface area (Å²) in [5.74, 6) is -0.00132. The van der Waals surface area contributed by atoms with Crippen LogP contribution in [0.15, 0.2) is 24.3 Å². The fraction of sp³-hybridized carbons (Fsp3) is 0.529. The summed E-state index contributed by atoms with van der Waals surface area (Å²) in [6, 6.07) is 7.46. The van der Waals surface area contributed by atoms with Crippen molar-refractivity contribution < 1.29 is 9.59 Å². The van der Waals surface area contributed by atoms with E-state index in [9.17, 15) is 9.59 Å². The van der Waals surface area contributed by atoms with Crippen molar-refractivity contribution in [3.05, 3.63) is 35.4 Å². The number of carbonyl (C=O) groups excluding carboxylic acids is 2. The SMILES string of the molecule is CNC(=O)c1cccc(CCNC(=O)CCCCCCN)c1.Cl. The average molecular weight is 342 g/mol. The monoisotopic (exact) mass is 341 g/mol. The smallest absolute Gasteiger partial charge is 0.251 e. The summed E-state index contributed by atoms with van der Waals surface area (Å²) in [5.41, 5.74) is 7.12. The van der Waals surface area contributed by atoms with Crippen LogP contribution in [-0.2, 0) is 11.2 Å². The number of unbranched alkanes of at least 4 members (excludes halogenated alkanes) is 3. The van der Waals surface area contributed by atoms with E-state index in [1.807, 2.05) is 18.2 Å². The second-order valence-electron chi connectivity index (χ2n) is 5.33. The Hall–Kier alpha value is -1.59. The van der Waals surface area contributed by atoms with E-state index in [0.29, 0.717) is 18.5 Å². The van der Waals surface area contributed by atoms with Crippen LogP contribution in [0, 0.1) is 0 Å². The molecule has 1 rings (SSSR count). The molecule has 5 nitrogen and oxygen atoms in total. The molecule has 0 radical (unpaired) electrons. The maximum absolute atomic E-state index is 11.7. The molecule has 0 aliphatic carbocycles. The Balaban J connectivity index is 0.00000484. The summed E-state index contributed by atoms with van der Waals surface area (Å²) in [6.45, 7) is 1.32. The molecule has 0 aliphatic rings. The van der Waals surface area contributed by atoms with Crippen LogP contribution < -0.4 is 16.4 Å². The highest BCUT2D eigenvalue weighted by Gasteiger charge is 2.04. The van der Waals surface area contributed by atoms with E-state index in [4.69, 9.17) is 5.73 Å². The van der Waals surface area contributed by atoms with Gasteiger partial charge in [-0.25, -0.2) is 0 Å². The Kier molecular flexibility index (Phi) is 12.0. The lowest BCUT2D eigenvalue weighted by Gasteiger charge is -2.07. The van der Waals surface area contributed by atoms with Gasteiger partial charge in [0.05, 0.1) is 0 Å². The van der Waals surface area contributed by atoms with Crippen molar-refractivity contribution in [1.82, 2.24) is 10.6 Å². The summed E-state index contributed by atoms with van der Waals surface area (Å²) in [4.78, 5) is 23.2. The minimum Gasteiger partial charge on any atom is -0.356 e. The van der Waals surface area contributed by atoms with Crippen molar-refractivity contribution in [2.75, 3.05) is 20.1 Å². The molecule has 4 N–H and O–H groups in total. The first-order valence-electron chi connectivity index (χ1n) is 7.95. The van der Waals surface area contributed by atoms with E-state index in [1.54, 1.807) is 13.1 Å². The molecule has 130 valence electrons. The van der Waals surface area contributed by atoms with Crippen LogP contribution in [0.4, 0.5) is 0 Å². The fourth-order valence-electron chi connectivity index (χ4n) is 2.23. The topological polar surface area (TPSA) is 84.2 Å². The highest BCUT2D eigenvalue weighted by Crippen LogP contribution is 2.06. The van der Waals surface area contributed by atoms with Crippen molar-refractivity contribution in [1.29, 1.82) is 0 Å². The van der Waals surface area contributed by atoms with Crippen LogP contribution in [0.1, 0.15) is 48.0 Å². The Bertz CT molecular complexity index is 481. The predicted octanol–water partition coefficient (Wildman–Crippen LogP) is 2.04. The van der Waals surface area contributed by atoms with Gasteiger partial charge in [-0.2, -0.15) is 0 Å². The van der Waals surface area contributed by atoms with Gasteiger partial charge in [-0.05, 0) is 43.5 Å². The molecule has 2 amide bonds. The number of carbonyl (C=O) groups is 2. The van der Waals surface area contributed by atoms with E-state index >= 15 is 0 Å². The minimum atomic E-state index is -0.0941. The van der Waals surface area contributed by atoms with E-state index in [-0.39, 0.29) is 24.2 Å². The average Bonchev–Trinajstić information content (AvgIpc) is 2.54. The zero-order chi connectivity index (χ0) is 16.2. The summed E-state index contributed by atoms with van der Waals surface area (Å²) in [5, 5.41) is 5.52. The van der Waals surface area contributed by atoms with E-state index in [2.05, 4.69) is 10.6 Å². The highest BCUT2D eigenvalue weighted by molar-refractivity contribution is 5.94. The first kappa shape index (κ1) is 21.4. The molecule has 0 heterocycles. The van der Waals surface area contributed by atoms with Crippen LogP contribution >= 0.6 is 12.4 Å². The van der Waals surface area contributed by atoms with Gasteiger partial charge in [0.15, 0.2) is 0 Å². The minimum absolute atomic E-state index is 0. The van der Waals surface area contributed by atoms with Gasteiger partial charge in [0.2, 0.25) is 5.91 Å². The number of hydrogen-bond acceptors (Lipinski definition) is 3. The molecule has 0 atom stereocenters. The lowest BCUT2D eigenvalue weighted by molar-refractivity contribution is -0.121. The van der Waals surface area contributed by atoms with Gasteiger partial charge in [0, 0.05) is 25.6 Å². The summed E-state index contributed by atoms with van der Waals surface area (Å²) in [7, 11) is 1.61. The molecule has 0 saturated carbocycles. The van der Waals surface area contributed by atoms with Gasteiger partial charge >= 0.3 is 0 Å². The third kappa shape index (κ3) is 9.21. The van der Waals surface area contributed by atoms with Crippen molar-refractivity contribution in [2.24, 2.45) is 5.73 Å². The lowest BCUT2D eigenvalue weighted by Crippen LogP contribution is -2.25. The Morgan fingerprint density at radius 2 is 1.87 bits per heavy atom. The van der Waals surface area contributed by atoms with Crippen LogP contribution in [-0.4, -0.2) is 32.0 Å². The zero-order valence-corrected chi connectivity index (χ0v) is 14.6. The molecular weight excluding hydrogens is 314 g/mol. The van der Waals surface area contributed by atoms with Crippen molar-refractivity contribution >= 4 is 24.2 Å². The molecule has 0 unspecified atom stereocenters. The van der Waals surface area contributed by atoms with Gasteiger partial charge in [0.25, 0.3) is 5.91 Å². The van der Waals surface area contributed by atoms with Crippen LogP contribution in [0.5, 0.6) is 0 Å². The normalized spacial score (nSPS) is 9.83. The molecule has 0 aliphatic heterocycles.